The first-order valence-corrected chi connectivity index (χ1v) is 8.69. The number of nitrogens with zero attached hydrogens (tertiary/aromatic N) is 1. The van der Waals surface area contributed by atoms with Gasteiger partial charge in [-0.3, -0.25) is 9.59 Å². The minimum atomic E-state index is -3.83. The molecule has 128 valence electrons. The molecule has 0 saturated carbocycles. The molecule has 2 amide bonds. The fraction of sp³-hybridized carbons (Fsp3) is 0.0625. The lowest BCUT2D eigenvalue weighted by Gasteiger charge is -2.17. The molecule has 25 heavy (non-hydrogen) atoms. The van der Waals surface area contributed by atoms with E-state index in [4.69, 9.17) is 5.73 Å². The van der Waals surface area contributed by atoms with Gasteiger partial charge in [-0.1, -0.05) is 12.1 Å². The highest BCUT2D eigenvalue weighted by molar-refractivity contribution is 7.90. The molecule has 0 radical (unpaired) electrons. The number of nitrogens with two attached hydrogens (primary N) is 1. The van der Waals surface area contributed by atoms with Crippen LogP contribution < -0.4 is 16.4 Å². The smallest absolute Gasteiger partial charge is 0.286 e. The van der Waals surface area contributed by atoms with Crippen LogP contribution in [0, 0.1) is 0 Å². The van der Waals surface area contributed by atoms with Crippen LogP contribution in [0.4, 0.5) is 11.4 Å². The molecule has 2 aromatic rings. The van der Waals surface area contributed by atoms with Crippen LogP contribution in [0.2, 0.25) is 0 Å². The number of anilines is 2. The number of para-hydroxylation sites is 1. The normalized spacial score (nSPS) is 14.6. The van der Waals surface area contributed by atoms with Crippen LogP contribution in [0.25, 0.3) is 0 Å². The van der Waals surface area contributed by atoms with Crippen molar-refractivity contribution in [1.29, 1.82) is 0 Å². The van der Waals surface area contributed by atoms with E-state index in [1.165, 1.54) is 30.3 Å². The maximum atomic E-state index is 12.1. The highest BCUT2D eigenvalue weighted by Gasteiger charge is 2.25. The van der Waals surface area contributed by atoms with E-state index in [-0.39, 0.29) is 17.2 Å². The number of nitrogens with one attached hydrogen (secondary N) is 2. The Hall–Kier alpha value is -3.20. The van der Waals surface area contributed by atoms with Crippen molar-refractivity contribution < 1.29 is 18.0 Å². The van der Waals surface area contributed by atoms with Gasteiger partial charge in [0, 0.05) is 11.3 Å². The molecule has 0 atom stereocenters. The summed E-state index contributed by atoms with van der Waals surface area (Å²) in [6.07, 6.45) is -0.245. The zero-order valence-electron chi connectivity index (χ0n) is 12.9. The molecular formula is C16H14N4O4S. The Morgan fingerprint density at radius 3 is 2.44 bits per heavy atom. The average Bonchev–Trinajstić information content (AvgIpc) is 2.54. The van der Waals surface area contributed by atoms with E-state index in [9.17, 15) is 18.0 Å². The van der Waals surface area contributed by atoms with E-state index in [0.717, 1.165) is 0 Å². The first-order chi connectivity index (χ1) is 11.8. The highest BCUT2D eigenvalue weighted by atomic mass is 32.2. The number of amidine groups is 1. The van der Waals surface area contributed by atoms with Crippen LogP contribution in [-0.4, -0.2) is 26.1 Å². The van der Waals surface area contributed by atoms with Crippen molar-refractivity contribution in [2.75, 3.05) is 10.6 Å². The molecule has 1 aliphatic heterocycles. The van der Waals surface area contributed by atoms with Gasteiger partial charge in [-0.25, -0.2) is 0 Å². The summed E-state index contributed by atoms with van der Waals surface area (Å²) in [6.45, 7) is 0. The number of rotatable bonds is 4. The first kappa shape index (κ1) is 16.7. The Labute approximate surface area is 143 Å². The summed E-state index contributed by atoms with van der Waals surface area (Å²) in [5, 5.41) is 5.44. The quantitative estimate of drug-likeness (QED) is 0.759. The average molecular weight is 358 g/mol. The fourth-order valence-corrected chi connectivity index (χ4v) is 3.47. The van der Waals surface area contributed by atoms with Crippen molar-refractivity contribution in [1.82, 2.24) is 0 Å². The molecule has 0 spiro atoms. The van der Waals surface area contributed by atoms with Gasteiger partial charge in [0.2, 0.25) is 11.8 Å². The third kappa shape index (κ3) is 3.66. The van der Waals surface area contributed by atoms with Crippen molar-refractivity contribution in [3.8, 4) is 0 Å². The molecule has 0 aliphatic carbocycles. The Morgan fingerprint density at radius 2 is 1.76 bits per heavy atom. The predicted octanol–water partition coefficient (Wildman–Crippen LogP) is 1.33. The van der Waals surface area contributed by atoms with E-state index in [1.54, 1.807) is 18.2 Å². The summed E-state index contributed by atoms with van der Waals surface area (Å²) in [5.41, 5.74) is 6.30. The molecule has 1 heterocycles. The van der Waals surface area contributed by atoms with Gasteiger partial charge in [-0.05, 0) is 36.4 Å². The second-order valence-corrected chi connectivity index (χ2v) is 6.87. The molecule has 9 heteroatoms. The van der Waals surface area contributed by atoms with Crippen molar-refractivity contribution in [3.05, 3.63) is 54.1 Å². The maximum absolute atomic E-state index is 12.1. The maximum Gasteiger partial charge on any atom is 0.286 e. The summed E-state index contributed by atoms with van der Waals surface area (Å²) in [6, 6.07) is 12.3. The minimum absolute atomic E-state index is 0.0324. The molecule has 3 rings (SSSR count). The van der Waals surface area contributed by atoms with Crippen LogP contribution in [0.5, 0.6) is 0 Å². The number of fused-ring (bicyclic) bond motifs is 1. The lowest BCUT2D eigenvalue weighted by molar-refractivity contribution is -0.115. The lowest BCUT2D eigenvalue weighted by atomic mass is 10.2. The third-order valence-corrected chi connectivity index (χ3v) is 4.83. The van der Waals surface area contributed by atoms with Gasteiger partial charge in [0.15, 0.2) is 0 Å². The van der Waals surface area contributed by atoms with Crippen molar-refractivity contribution >= 4 is 39.0 Å². The van der Waals surface area contributed by atoms with Crippen LogP contribution in [0.15, 0.2) is 57.8 Å². The molecule has 0 saturated heterocycles. The Morgan fingerprint density at radius 1 is 1.08 bits per heavy atom. The standard InChI is InChI=1S/C16H14N4O4S/c17-16(22)10-5-7-11(8-6-10)18-15(21)9-14-19-12-3-1-2-4-13(12)25(23,24)20-14/h1-8H,9H2,(H2,17,22)(H,18,21)(H,19,20). The Bertz CT molecular complexity index is 981. The highest BCUT2D eigenvalue weighted by Crippen LogP contribution is 2.27. The lowest BCUT2D eigenvalue weighted by Crippen LogP contribution is -2.26. The van der Waals surface area contributed by atoms with E-state index in [1.807, 2.05) is 0 Å². The fourth-order valence-electron chi connectivity index (χ4n) is 2.32. The summed E-state index contributed by atoms with van der Waals surface area (Å²) < 4.78 is 27.9. The third-order valence-electron chi connectivity index (χ3n) is 3.46. The van der Waals surface area contributed by atoms with Gasteiger partial charge in [0.1, 0.15) is 10.7 Å². The van der Waals surface area contributed by atoms with Crippen molar-refractivity contribution in [2.45, 2.75) is 11.3 Å². The molecule has 2 aromatic carbocycles. The molecule has 8 nitrogen and oxygen atoms in total. The number of hydrogen-bond acceptors (Lipinski definition) is 5. The van der Waals surface area contributed by atoms with Crippen molar-refractivity contribution in [3.63, 3.8) is 0 Å². The zero-order chi connectivity index (χ0) is 18.0. The number of sulfonamides is 1. The van der Waals surface area contributed by atoms with Gasteiger partial charge in [-0.15, -0.1) is 4.40 Å². The number of hydrogen-bond donors (Lipinski definition) is 3. The molecule has 1 aliphatic rings. The molecule has 0 unspecified atom stereocenters. The van der Waals surface area contributed by atoms with Crippen LogP contribution >= 0.6 is 0 Å². The topological polar surface area (TPSA) is 131 Å². The zero-order valence-corrected chi connectivity index (χ0v) is 13.7. The van der Waals surface area contributed by atoms with Crippen LogP contribution in [0.1, 0.15) is 16.8 Å². The molecule has 4 N–H and O–H groups in total. The minimum Gasteiger partial charge on any atom is -0.366 e. The predicted molar refractivity (Wildman–Crippen MR) is 92.9 cm³/mol. The van der Waals surface area contributed by atoms with E-state index < -0.39 is 21.8 Å². The van der Waals surface area contributed by atoms with E-state index >= 15 is 0 Å². The second kappa shape index (κ2) is 6.36. The van der Waals surface area contributed by atoms with Gasteiger partial charge < -0.3 is 16.4 Å². The number of benzene rings is 2. The van der Waals surface area contributed by atoms with E-state index in [0.29, 0.717) is 16.9 Å². The Balaban J connectivity index is 1.71. The van der Waals surface area contributed by atoms with Gasteiger partial charge in [0.05, 0.1) is 12.1 Å². The Kier molecular flexibility index (Phi) is 4.24. The number of carbonyl (C=O) groups excluding carboxylic acids is 2. The summed E-state index contributed by atoms with van der Waals surface area (Å²) in [7, 11) is -3.83. The SMILES string of the molecule is NC(=O)c1ccc(NC(=O)CC2=NS(=O)(=O)c3ccccc3N2)cc1. The van der Waals surface area contributed by atoms with Crippen molar-refractivity contribution in [2.24, 2.45) is 10.1 Å². The van der Waals surface area contributed by atoms with Crippen LogP contribution in [0.3, 0.4) is 0 Å². The molecule has 0 fully saturated rings. The number of primary amides is 1. The van der Waals surface area contributed by atoms with Gasteiger partial charge in [-0.2, -0.15) is 8.42 Å². The van der Waals surface area contributed by atoms with Crippen LogP contribution in [-0.2, 0) is 14.8 Å². The van der Waals surface area contributed by atoms with Gasteiger partial charge in [0.25, 0.3) is 10.0 Å². The first-order valence-electron chi connectivity index (χ1n) is 7.25. The molecule has 0 bridgehead atoms. The molecule has 0 aromatic heterocycles. The summed E-state index contributed by atoms with van der Waals surface area (Å²) in [4.78, 5) is 23.2. The second-order valence-electron chi connectivity index (χ2n) is 5.30. The number of carbonyl (C=O) groups is 2. The van der Waals surface area contributed by atoms with E-state index in [2.05, 4.69) is 15.0 Å². The summed E-state index contributed by atoms with van der Waals surface area (Å²) in [5.74, 6) is -0.986. The summed E-state index contributed by atoms with van der Waals surface area (Å²) >= 11 is 0. The monoisotopic (exact) mass is 358 g/mol. The molecular weight excluding hydrogens is 344 g/mol. The van der Waals surface area contributed by atoms with Gasteiger partial charge >= 0.3 is 0 Å². The largest absolute Gasteiger partial charge is 0.366 e. The number of amides is 2.